The number of carbonyl (C=O) groups is 1. The van der Waals surface area contributed by atoms with E-state index < -0.39 is 0 Å². The molecule has 0 heterocycles. The van der Waals surface area contributed by atoms with E-state index in [1.807, 2.05) is 11.3 Å². The maximum absolute atomic E-state index is 10.8. The molecule has 1 amide bonds. The topological polar surface area (TPSA) is 29.1 Å². The molecule has 2 nitrogen and oxygen atoms in total. The van der Waals surface area contributed by atoms with Crippen molar-refractivity contribution in [3.63, 3.8) is 0 Å². The summed E-state index contributed by atoms with van der Waals surface area (Å²) in [4.78, 5) is 10.8. The van der Waals surface area contributed by atoms with Crippen LogP contribution in [0.5, 0.6) is 0 Å². The number of benzene rings is 1. The summed E-state index contributed by atoms with van der Waals surface area (Å²) in [5.41, 5.74) is 0.574. The summed E-state index contributed by atoms with van der Waals surface area (Å²) < 4.78 is 0. The Labute approximate surface area is 60.7 Å². The van der Waals surface area contributed by atoms with E-state index in [0.29, 0.717) is 5.56 Å². The van der Waals surface area contributed by atoms with Crippen molar-refractivity contribution < 1.29 is 4.79 Å². The second-order valence-corrected chi connectivity index (χ2v) is 1.84. The molecule has 48 valence electrons. The third-order valence-electron chi connectivity index (χ3n) is 1.17. The molecule has 1 N–H and O–H groups in total. The van der Waals surface area contributed by atoms with Crippen molar-refractivity contribution in [3.05, 3.63) is 35.9 Å². The molecule has 0 atom stereocenters. The summed E-state index contributed by atoms with van der Waals surface area (Å²) in [5.74, 6) is -0.263. The van der Waals surface area contributed by atoms with E-state index in [4.69, 9.17) is 7.98 Å². The Balaban J connectivity index is 2.85. The van der Waals surface area contributed by atoms with Gasteiger partial charge >= 0.3 is 0 Å². The number of amides is 1. The zero-order chi connectivity index (χ0) is 7.40. The molecule has 3 heteroatoms. The first-order valence-corrected chi connectivity index (χ1v) is 2.90. The van der Waals surface area contributed by atoms with Gasteiger partial charge in [0.05, 0.1) is 0 Å². The Bertz CT molecular complexity index is 222. The molecule has 0 bridgehead atoms. The number of rotatable bonds is 1. The Morgan fingerprint density at radius 3 is 2.40 bits per heavy atom. The number of hydrogen-bond acceptors (Lipinski definition) is 1. The number of hydrogen-bond donors (Lipinski definition) is 1. The molecule has 0 fully saturated rings. The van der Waals surface area contributed by atoms with E-state index in [9.17, 15) is 4.79 Å². The zero-order valence-corrected chi connectivity index (χ0v) is 5.37. The maximum atomic E-state index is 10.8. The average molecular weight is 131 g/mol. The quantitative estimate of drug-likeness (QED) is 0.552. The summed E-state index contributed by atoms with van der Waals surface area (Å²) in [6.07, 6.45) is 0. The number of carbonyl (C=O) groups excluding carboxylic acids is 1. The number of nitrogens with one attached hydrogen (secondary N) is 1. The molecule has 0 aliphatic heterocycles. The van der Waals surface area contributed by atoms with Crippen molar-refractivity contribution in [1.82, 2.24) is 5.23 Å². The molecular weight excluding hydrogens is 125 g/mol. The van der Waals surface area contributed by atoms with Gasteiger partial charge in [0, 0.05) is 5.56 Å². The molecule has 0 saturated carbocycles. The standard InChI is InChI=1S/C7H6BNO/c8-9-7(10)6-4-2-1-3-5-6/h1-5H,(H,9,10). The molecule has 10 heavy (non-hydrogen) atoms. The molecule has 0 aliphatic rings. The van der Waals surface area contributed by atoms with Crippen LogP contribution >= 0.6 is 0 Å². The van der Waals surface area contributed by atoms with Crippen LogP contribution in [0.1, 0.15) is 10.4 Å². The first-order chi connectivity index (χ1) is 4.84. The minimum Gasteiger partial charge on any atom is -0.405 e. The molecule has 0 saturated heterocycles. The lowest BCUT2D eigenvalue weighted by Gasteiger charge is -1.96. The summed E-state index contributed by atoms with van der Waals surface area (Å²) in [6, 6.07) is 8.80. The van der Waals surface area contributed by atoms with Crippen LogP contribution in [0.4, 0.5) is 0 Å². The highest BCUT2D eigenvalue weighted by atomic mass is 16.1. The Kier molecular flexibility index (Phi) is 2.10. The van der Waals surface area contributed by atoms with Gasteiger partial charge in [0.1, 0.15) is 0 Å². The van der Waals surface area contributed by atoms with Gasteiger partial charge in [-0.15, -0.1) is 0 Å². The lowest BCUT2D eigenvalue weighted by molar-refractivity contribution is 0.0981. The second kappa shape index (κ2) is 3.06. The van der Waals surface area contributed by atoms with Crippen molar-refractivity contribution in [3.8, 4) is 0 Å². The van der Waals surface area contributed by atoms with Crippen LogP contribution in [-0.2, 0) is 0 Å². The van der Waals surface area contributed by atoms with Crippen molar-refractivity contribution in [2.24, 2.45) is 0 Å². The van der Waals surface area contributed by atoms with Crippen LogP contribution in [0.3, 0.4) is 0 Å². The Morgan fingerprint density at radius 1 is 1.30 bits per heavy atom. The molecule has 2 radical (unpaired) electrons. The third kappa shape index (κ3) is 1.38. The molecular formula is C7H6BNO. The second-order valence-electron chi connectivity index (χ2n) is 1.84. The van der Waals surface area contributed by atoms with Crippen LogP contribution in [-0.4, -0.2) is 13.9 Å². The first kappa shape index (κ1) is 6.87. The molecule has 1 aromatic rings. The van der Waals surface area contributed by atoms with Gasteiger partial charge in [-0.1, -0.05) is 18.2 Å². The maximum Gasteiger partial charge on any atom is 0.238 e. The predicted octanol–water partition coefficient (Wildman–Crippen LogP) is 0.500. The predicted molar refractivity (Wildman–Crippen MR) is 39.7 cm³/mol. The average Bonchev–Trinajstić information content (AvgIpc) is 2.05. The molecule has 0 spiro atoms. The first-order valence-electron chi connectivity index (χ1n) is 2.90. The van der Waals surface area contributed by atoms with Crippen LogP contribution in [0.2, 0.25) is 0 Å². The van der Waals surface area contributed by atoms with Crippen LogP contribution in [0.15, 0.2) is 30.3 Å². The zero-order valence-electron chi connectivity index (χ0n) is 5.37. The van der Waals surface area contributed by atoms with Crippen molar-refractivity contribution in [1.29, 1.82) is 0 Å². The highest BCUT2D eigenvalue weighted by Crippen LogP contribution is 1.96. The minimum absolute atomic E-state index is 0.263. The van der Waals surface area contributed by atoms with Crippen LogP contribution in [0, 0.1) is 0 Å². The highest BCUT2D eigenvalue weighted by molar-refractivity contribution is 6.18. The van der Waals surface area contributed by atoms with E-state index in [0.717, 1.165) is 0 Å². The van der Waals surface area contributed by atoms with Gasteiger partial charge in [-0.25, -0.2) is 0 Å². The molecule has 1 rings (SSSR count). The Hall–Kier alpha value is -1.25. The fraction of sp³-hybridized carbons (Fsp3) is 0. The van der Waals surface area contributed by atoms with Gasteiger partial charge in [-0.05, 0) is 12.1 Å². The van der Waals surface area contributed by atoms with E-state index in [1.54, 1.807) is 24.3 Å². The van der Waals surface area contributed by atoms with Gasteiger partial charge in [0.25, 0.3) is 0 Å². The van der Waals surface area contributed by atoms with Gasteiger partial charge in [-0.2, -0.15) is 0 Å². The van der Waals surface area contributed by atoms with Gasteiger partial charge in [0.2, 0.25) is 13.9 Å². The van der Waals surface area contributed by atoms with Crippen molar-refractivity contribution >= 4 is 13.9 Å². The van der Waals surface area contributed by atoms with Gasteiger partial charge in [0.15, 0.2) is 0 Å². The van der Waals surface area contributed by atoms with Crippen LogP contribution in [0.25, 0.3) is 0 Å². The van der Waals surface area contributed by atoms with E-state index in [1.165, 1.54) is 0 Å². The normalized spacial score (nSPS) is 8.80. The molecule has 1 aromatic carbocycles. The van der Waals surface area contributed by atoms with Crippen LogP contribution < -0.4 is 5.23 Å². The fourth-order valence-corrected chi connectivity index (χ4v) is 0.673. The van der Waals surface area contributed by atoms with Crippen molar-refractivity contribution in [2.75, 3.05) is 0 Å². The van der Waals surface area contributed by atoms with E-state index >= 15 is 0 Å². The van der Waals surface area contributed by atoms with E-state index in [-0.39, 0.29) is 5.91 Å². The van der Waals surface area contributed by atoms with Gasteiger partial charge < -0.3 is 5.23 Å². The largest absolute Gasteiger partial charge is 0.405 e. The van der Waals surface area contributed by atoms with Crippen molar-refractivity contribution in [2.45, 2.75) is 0 Å². The summed E-state index contributed by atoms with van der Waals surface area (Å²) in [5, 5.41) is 2.04. The molecule has 0 unspecified atom stereocenters. The SMILES string of the molecule is [B]NC(=O)c1ccccc1. The molecule has 0 aliphatic carbocycles. The Morgan fingerprint density at radius 2 is 1.90 bits per heavy atom. The summed E-state index contributed by atoms with van der Waals surface area (Å²) >= 11 is 0. The minimum atomic E-state index is -0.263. The molecule has 0 aromatic heterocycles. The monoisotopic (exact) mass is 131 g/mol. The fourth-order valence-electron chi connectivity index (χ4n) is 0.673. The smallest absolute Gasteiger partial charge is 0.238 e. The highest BCUT2D eigenvalue weighted by Gasteiger charge is 1.97. The lowest BCUT2D eigenvalue weighted by atomic mass is 10.2. The van der Waals surface area contributed by atoms with E-state index in [2.05, 4.69) is 0 Å². The third-order valence-corrected chi connectivity index (χ3v) is 1.17. The summed E-state index contributed by atoms with van der Waals surface area (Å²) in [6.45, 7) is 0. The lowest BCUT2D eigenvalue weighted by Crippen LogP contribution is -2.19. The summed E-state index contributed by atoms with van der Waals surface area (Å²) in [7, 11) is 4.90. The van der Waals surface area contributed by atoms with Gasteiger partial charge in [-0.3, -0.25) is 4.79 Å².